The van der Waals surface area contributed by atoms with Gasteiger partial charge in [0.2, 0.25) is 12.7 Å². The SMILES string of the molecule is CCOc1ccccc1CC(C(=O)NS(=O)(=O)c1ccc(C(C)C)cc1)c1ccc2c(c1)OCO2.[KH]. The van der Waals surface area contributed by atoms with E-state index in [4.69, 9.17) is 14.2 Å². The van der Waals surface area contributed by atoms with Crippen molar-refractivity contribution in [3.05, 3.63) is 83.4 Å². The van der Waals surface area contributed by atoms with Gasteiger partial charge in [-0.3, -0.25) is 4.79 Å². The first-order chi connectivity index (χ1) is 16.8. The van der Waals surface area contributed by atoms with Crippen molar-refractivity contribution in [1.29, 1.82) is 0 Å². The third kappa shape index (κ3) is 6.70. The normalized spacial score (nSPS) is 13.1. The van der Waals surface area contributed by atoms with E-state index in [9.17, 15) is 13.2 Å². The van der Waals surface area contributed by atoms with Crippen LogP contribution in [0.25, 0.3) is 0 Å². The first-order valence-corrected chi connectivity index (χ1v) is 13.0. The zero-order valence-corrected chi connectivity index (χ0v) is 20.8. The summed E-state index contributed by atoms with van der Waals surface area (Å²) < 4.78 is 45.0. The van der Waals surface area contributed by atoms with Gasteiger partial charge < -0.3 is 14.2 Å². The number of rotatable bonds is 9. The minimum absolute atomic E-state index is 0. The Kier molecular flexibility index (Phi) is 10.0. The van der Waals surface area contributed by atoms with Crippen LogP contribution in [0.15, 0.2) is 71.6 Å². The van der Waals surface area contributed by atoms with E-state index in [0.29, 0.717) is 29.4 Å². The molecule has 1 atom stereocenters. The molecule has 0 spiro atoms. The third-order valence-electron chi connectivity index (χ3n) is 5.90. The van der Waals surface area contributed by atoms with Gasteiger partial charge in [-0.2, -0.15) is 0 Å². The molecule has 0 radical (unpaired) electrons. The molecule has 0 bridgehead atoms. The molecule has 7 nitrogen and oxygen atoms in total. The summed E-state index contributed by atoms with van der Waals surface area (Å²) in [4.78, 5) is 13.5. The average molecular weight is 536 g/mol. The van der Waals surface area contributed by atoms with Gasteiger partial charge in [0.25, 0.3) is 10.0 Å². The van der Waals surface area contributed by atoms with Crippen LogP contribution in [-0.2, 0) is 21.2 Å². The van der Waals surface area contributed by atoms with Crippen molar-refractivity contribution in [1.82, 2.24) is 4.72 Å². The number of ether oxygens (including phenoxy) is 3. The predicted octanol–water partition coefficient (Wildman–Crippen LogP) is 4.12. The van der Waals surface area contributed by atoms with E-state index in [-0.39, 0.29) is 75.4 Å². The third-order valence-corrected chi connectivity index (χ3v) is 7.27. The molecule has 0 saturated carbocycles. The summed E-state index contributed by atoms with van der Waals surface area (Å²) in [6.07, 6.45) is 0.240. The molecule has 1 unspecified atom stereocenters. The molecule has 9 heteroatoms. The number of sulfonamides is 1. The molecule has 1 amide bonds. The second-order valence-corrected chi connectivity index (χ2v) is 10.3. The van der Waals surface area contributed by atoms with Crippen LogP contribution in [0.2, 0.25) is 0 Å². The van der Waals surface area contributed by atoms with Crippen LogP contribution in [0.5, 0.6) is 17.2 Å². The van der Waals surface area contributed by atoms with Crippen molar-refractivity contribution < 1.29 is 27.4 Å². The van der Waals surface area contributed by atoms with Gasteiger partial charge in [0, 0.05) is 0 Å². The monoisotopic (exact) mass is 535 g/mol. The van der Waals surface area contributed by atoms with Crippen molar-refractivity contribution in [3.8, 4) is 17.2 Å². The number of carbonyl (C=O) groups excluding carboxylic acids is 1. The fraction of sp³-hybridized carbons (Fsp3) is 0.296. The molecule has 1 aliphatic rings. The van der Waals surface area contributed by atoms with Gasteiger partial charge in [0.1, 0.15) is 5.75 Å². The standard InChI is InChI=1S/C27H29NO6S.K.H/c1-4-32-24-8-6-5-7-21(24)15-23(20-11-14-25-26(16-20)34-17-33-25)27(29)28-35(30,31)22-12-9-19(10-13-22)18(2)3;;/h5-14,16,18,23H,4,15,17H2,1-3H3,(H,28,29);;. The molecule has 3 aromatic rings. The van der Waals surface area contributed by atoms with E-state index < -0.39 is 21.8 Å². The Morgan fingerprint density at radius 2 is 1.64 bits per heavy atom. The molecule has 36 heavy (non-hydrogen) atoms. The molecule has 1 heterocycles. The number of para-hydroxylation sites is 1. The van der Waals surface area contributed by atoms with E-state index in [1.54, 1.807) is 30.3 Å². The molecular weight excluding hydrogens is 505 g/mol. The molecule has 4 rings (SSSR count). The van der Waals surface area contributed by atoms with Gasteiger partial charge in [-0.05, 0) is 66.3 Å². The Hall–Kier alpha value is -1.88. The fourth-order valence-corrected chi connectivity index (χ4v) is 4.99. The van der Waals surface area contributed by atoms with Gasteiger partial charge in [-0.1, -0.05) is 50.2 Å². The number of hydrogen-bond acceptors (Lipinski definition) is 6. The van der Waals surface area contributed by atoms with Gasteiger partial charge in [-0.25, -0.2) is 13.1 Å². The topological polar surface area (TPSA) is 90.9 Å². The maximum atomic E-state index is 13.5. The summed E-state index contributed by atoms with van der Waals surface area (Å²) in [5, 5.41) is 0. The Labute approximate surface area is 255 Å². The summed E-state index contributed by atoms with van der Waals surface area (Å²) in [5.74, 6) is 0.577. The molecule has 0 aromatic heterocycles. The van der Waals surface area contributed by atoms with Crippen molar-refractivity contribution in [2.75, 3.05) is 13.4 Å². The van der Waals surface area contributed by atoms with Crippen molar-refractivity contribution in [2.45, 2.75) is 43.9 Å². The molecule has 0 saturated heterocycles. The number of amides is 1. The van der Waals surface area contributed by atoms with Gasteiger partial charge in [0.05, 0.1) is 17.4 Å². The molecule has 1 aliphatic heterocycles. The van der Waals surface area contributed by atoms with Gasteiger partial charge >= 0.3 is 51.4 Å². The second kappa shape index (κ2) is 12.6. The van der Waals surface area contributed by atoms with Gasteiger partial charge in [-0.15, -0.1) is 0 Å². The molecule has 1 N–H and O–H groups in total. The molecule has 0 aliphatic carbocycles. The molecule has 186 valence electrons. The number of carbonyl (C=O) groups is 1. The molecule has 3 aromatic carbocycles. The molecular formula is C27H30KNO6S. The minimum atomic E-state index is -4.07. The number of hydrogen-bond donors (Lipinski definition) is 1. The quantitative estimate of drug-likeness (QED) is 0.415. The second-order valence-electron chi connectivity index (χ2n) is 8.60. The Morgan fingerprint density at radius 3 is 2.33 bits per heavy atom. The van der Waals surface area contributed by atoms with Crippen LogP contribution < -0.4 is 18.9 Å². The summed E-state index contributed by atoms with van der Waals surface area (Å²) in [5.41, 5.74) is 2.43. The van der Waals surface area contributed by atoms with Gasteiger partial charge in [0.15, 0.2) is 11.5 Å². The summed E-state index contributed by atoms with van der Waals surface area (Å²) in [6.45, 7) is 6.51. The van der Waals surface area contributed by atoms with E-state index >= 15 is 0 Å². The predicted molar refractivity (Wildman–Crippen MR) is 140 cm³/mol. The Morgan fingerprint density at radius 1 is 0.972 bits per heavy atom. The Balaban J connectivity index is 0.00000361. The first kappa shape index (κ1) is 28.7. The summed E-state index contributed by atoms with van der Waals surface area (Å²) >= 11 is 0. The maximum absolute atomic E-state index is 13.5. The molecule has 0 fully saturated rings. The van der Waals surface area contributed by atoms with Crippen LogP contribution in [0.4, 0.5) is 0 Å². The average Bonchev–Trinajstić information content (AvgIpc) is 3.31. The van der Waals surface area contributed by atoms with Crippen LogP contribution >= 0.6 is 0 Å². The number of fused-ring (bicyclic) bond motifs is 1. The van der Waals surface area contributed by atoms with Crippen LogP contribution in [-0.4, -0.2) is 79.1 Å². The zero-order chi connectivity index (χ0) is 25.0. The summed E-state index contributed by atoms with van der Waals surface area (Å²) in [6, 6.07) is 19.2. The van der Waals surface area contributed by atoms with E-state index in [0.717, 1.165) is 11.1 Å². The van der Waals surface area contributed by atoms with Crippen LogP contribution in [0, 0.1) is 0 Å². The van der Waals surface area contributed by atoms with Crippen LogP contribution in [0.3, 0.4) is 0 Å². The zero-order valence-electron chi connectivity index (χ0n) is 20.0. The van der Waals surface area contributed by atoms with Crippen molar-refractivity contribution in [3.63, 3.8) is 0 Å². The fourth-order valence-electron chi connectivity index (χ4n) is 3.97. The van der Waals surface area contributed by atoms with E-state index in [2.05, 4.69) is 4.72 Å². The van der Waals surface area contributed by atoms with E-state index in [1.165, 1.54) is 12.1 Å². The number of benzene rings is 3. The summed E-state index contributed by atoms with van der Waals surface area (Å²) in [7, 11) is -4.07. The first-order valence-electron chi connectivity index (χ1n) is 11.6. The Bertz CT molecular complexity index is 1310. The number of nitrogens with one attached hydrogen (secondary N) is 1. The van der Waals surface area contributed by atoms with Crippen molar-refractivity contribution >= 4 is 67.3 Å². The van der Waals surface area contributed by atoms with Crippen molar-refractivity contribution in [2.24, 2.45) is 0 Å². The van der Waals surface area contributed by atoms with Crippen LogP contribution in [0.1, 0.15) is 49.3 Å². The van der Waals surface area contributed by atoms with E-state index in [1.807, 2.05) is 45.0 Å².